The smallest absolute Gasteiger partial charge is 0.323 e. The highest BCUT2D eigenvalue weighted by molar-refractivity contribution is 6.00. The molecule has 0 rings (SSSR count). The van der Waals surface area contributed by atoms with E-state index >= 15 is 0 Å². The molecule has 0 atom stereocenters. The van der Waals surface area contributed by atoms with E-state index in [-0.39, 0.29) is 6.42 Å². The van der Waals surface area contributed by atoms with Gasteiger partial charge in [0.2, 0.25) is 0 Å². The van der Waals surface area contributed by atoms with E-state index in [0.717, 1.165) is 14.2 Å². The SMILES string of the molecule is C=C(C)CC(CC(=C)F)(C(=O)OC)C(=O)OC. The molecule has 0 amide bonds. The summed E-state index contributed by atoms with van der Waals surface area (Å²) in [6.07, 6.45) is -0.519. The first kappa shape index (κ1) is 15.3. The van der Waals surface area contributed by atoms with Crippen LogP contribution in [0.5, 0.6) is 0 Å². The summed E-state index contributed by atoms with van der Waals surface area (Å²) in [5.41, 5.74) is -1.19. The molecule has 0 saturated carbocycles. The van der Waals surface area contributed by atoms with Crippen LogP contribution in [0.15, 0.2) is 24.6 Å². The first-order valence-corrected chi connectivity index (χ1v) is 4.94. The monoisotopic (exact) mass is 244 g/mol. The minimum absolute atomic E-state index is 0.0463. The molecule has 0 fully saturated rings. The van der Waals surface area contributed by atoms with Gasteiger partial charge in [0, 0.05) is 6.42 Å². The molecule has 0 aromatic rings. The minimum atomic E-state index is -1.73. The van der Waals surface area contributed by atoms with Crippen molar-refractivity contribution in [1.82, 2.24) is 0 Å². The van der Waals surface area contributed by atoms with Crippen molar-refractivity contribution >= 4 is 11.9 Å². The number of allylic oxidation sites excluding steroid dienone is 2. The number of carbonyl (C=O) groups is 2. The van der Waals surface area contributed by atoms with Gasteiger partial charge in [0.1, 0.15) is 0 Å². The van der Waals surface area contributed by atoms with Crippen molar-refractivity contribution in [3.05, 3.63) is 24.6 Å². The zero-order valence-corrected chi connectivity index (χ0v) is 10.3. The largest absolute Gasteiger partial charge is 0.468 e. The molecule has 96 valence electrons. The minimum Gasteiger partial charge on any atom is -0.468 e. The first-order chi connectivity index (χ1) is 7.80. The molecule has 0 heterocycles. The lowest BCUT2D eigenvalue weighted by Crippen LogP contribution is -2.41. The Hall–Kier alpha value is -1.65. The van der Waals surface area contributed by atoms with Gasteiger partial charge in [-0.2, -0.15) is 0 Å². The third kappa shape index (κ3) is 3.69. The van der Waals surface area contributed by atoms with Crippen LogP contribution in [-0.2, 0) is 19.1 Å². The third-order valence-electron chi connectivity index (χ3n) is 2.25. The molecule has 0 saturated heterocycles. The summed E-state index contributed by atoms with van der Waals surface area (Å²) in [5.74, 6) is -2.50. The maximum Gasteiger partial charge on any atom is 0.323 e. The van der Waals surface area contributed by atoms with Gasteiger partial charge in [-0.3, -0.25) is 9.59 Å². The van der Waals surface area contributed by atoms with Crippen molar-refractivity contribution < 1.29 is 23.5 Å². The highest BCUT2D eigenvalue weighted by Crippen LogP contribution is 2.35. The lowest BCUT2D eigenvalue weighted by Gasteiger charge is -2.27. The molecule has 0 aliphatic carbocycles. The Balaban J connectivity index is 5.50. The van der Waals surface area contributed by atoms with Gasteiger partial charge < -0.3 is 9.47 Å². The lowest BCUT2D eigenvalue weighted by molar-refractivity contribution is -0.169. The fraction of sp³-hybridized carbons (Fsp3) is 0.500. The van der Waals surface area contributed by atoms with Crippen molar-refractivity contribution in [2.75, 3.05) is 14.2 Å². The van der Waals surface area contributed by atoms with Gasteiger partial charge in [-0.05, 0) is 13.3 Å². The van der Waals surface area contributed by atoms with Crippen LogP contribution in [0.4, 0.5) is 4.39 Å². The highest BCUT2D eigenvalue weighted by Gasteiger charge is 2.48. The van der Waals surface area contributed by atoms with Crippen molar-refractivity contribution in [3.63, 3.8) is 0 Å². The Morgan fingerprint density at radius 1 is 1.12 bits per heavy atom. The van der Waals surface area contributed by atoms with E-state index in [9.17, 15) is 14.0 Å². The standard InChI is InChI=1S/C12H17FO4/c1-8(2)6-12(7-9(3)13,10(14)16-4)11(15)17-5/h1,3,6-7H2,2,4-5H3. The molecule has 4 nitrogen and oxygen atoms in total. The van der Waals surface area contributed by atoms with Crippen LogP contribution in [0.3, 0.4) is 0 Å². The Morgan fingerprint density at radius 3 is 1.76 bits per heavy atom. The first-order valence-electron chi connectivity index (χ1n) is 4.94. The molecule has 17 heavy (non-hydrogen) atoms. The fourth-order valence-corrected chi connectivity index (χ4v) is 1.67. The number of hydrogen-bond acceptors (Lipinski definition) is 4. The highest BCUT2D eigenvalue weighted by atomic mass is 19.1. The molecule has 0 aromatic heterocycles. The molecule has 0 aromatic carbocycles. The molecule has 0 aliphatic heterocycles. The Morgan fingerprint density at radius 2 is 1.53 bits per heavy atom. The summed E-state index contributed by atoms with van der Waals surface area (Å²) < 4.78 is 22.1. The van der Waals surface area contributed by atoms with Gasteiger partial charge in [0.05, 0.1) is 20.0 Å². The zero-order valence-electron chi connectivity index (χ0n) is 10.3. The second kappa shape index (κ2) is 6.18. The van der Waals surface area contributed by atoms with Crippen LogP contribution in [0, 0.1) is 5.41 Å². The van der Waals surface area contributed by atoms with Crippen molar-refractivity contribution in [2.24, 2.45) is 5.41 Å². The molecule has 0 bridgehead atoms. The molecule has 5 heteroatoms. The Labute approximate surface area is 100 Å². The number of methoxy groups -OCH3 is 2. The van der Waals surface area contributed by atoms with Crippen molar-refractivity contribution in [2.45, 2.75) is 19.8 Å². The topological polar surface area (TPSA) is 52.6 Å². The van der Waals surface area contributed by atoms with Crippen LogP contribution in [-0.4, -0.2) is 26.2 Å². The maximum absolute atomic E-state index is 13.0. The second-order valence-electron chi connectivity index (χ2n) is 3.89. The summed E-state index contributed by atoms with van der Waals surface area (Å²) in [5, 5.41) is 0. The van der Waals surface area contributed by atoms with E-state index < -0.39 is 29.6 Å². The lowest BCUT2D eigenvalue weighted by atomic mass is 9.78. The zero-order chi connectivity index (χ0) is 13.6. The molecular weight excluding hydrogens is 227 g/mol. The van der Waals surface area contributed by atoms with E-state index in [0.29, 0.717) is 5.57 Å². The number of rotatable bonds is 6. The summed E-state index contributed by atoms with van der Waals surface area (Å²) in [6, 6.07) is 0. The number of ether oxygens (including phenoxy) is 2. The van der Waals surface area contributed by atoms with Crippen LogP contribution in [0.2, 0.25) is 0 Å². The average Bonchev–Trinajstić information content (AvgIpc) is 2.24. The van der Waals surface area contributed by atoms with E-state index in [2.05, 4.69) is 22.6 Å². The molecule has 0 radical (unpaired) electrons. The van der Waals surface area contributed by atoms with Crippen LogP contribution >= 0.6 is 0 Å². The fourth-order valence-electron chi connectivity index (χ4n) is 1.67. The van der Waals surface area contributed by atoms with Gasteiger partial charge in [0.25, 0.3) is 0 Å². The Kier molecular flexibility index (Phi) is 5.58. The van der Waals surface area contributed by atoms with Gasteiger partial charge in [-0.25, -0.2) is 4.39 Å². The predicted octanol–water partition coefficient (Wildman–Crippen LogP) is 2.16. The summed E-state index contributed by atoms with van der Waals surface area (Å²) in [4.78, 5) is 23.5. The van der Waals surface area contributed by atoms with E-state index in [1.807, 2.05) is 0 Å². The van der Waals surface area contributed by atoms with Crippen molar-refractivity contribution in [3.8, 4) is 0 Å². The van der Waals surface area contributed by atoms with Gasteiger partial charge in [-0.1, -0.05) is 12.2 Å². The number of carbonyl (C=O) groups excluding carboxylic acids is 2. The Bertz CT molecular complexity index is 312. The van der Waals surface area contributed by atoms with E-state index in [4.69, 9.17) is 0 Å². The number of hydrogen-bond donors (Lipinski definition) is 0. The summed E-state index contributed by atoms with van der Waals surface area (Å²) in [6.45, 7) is 8.31. The molecular formula is C12H17FO4. The van der Waals surface area contributed by atoms with Gasteiger partial charge in [-0.15, -0.1) is 6.58 Å². The van der Waals surface area contributed by atoms with Crippen LogP contribution in [0.1, 0.15) is 19.8 Å². The number of esters is 2. The van der Waals surface area contributed by atoms with E-state index in [1.165, 1.54) is 0 Å². The average molecular weight is 244 g/mol. The van der Waals surface area contributed by atoms with Crippen molar-refractivity contribution in [1.29, 1.82) is 0 Å². The van der Waals surface area contributed by atoms with Crippen LogP contribution in [0.25, 0.3) is 0 Å². The van der Waals surface area contributed by atoms with Crippen LogP contribution < -0.4 is 0 Å². The summed E-state index contributed by atoms with van der Waals surface area (Å²) in [7, 11) is 2.25. The quantitative estimate of drug-likeness (QED) is 0.408. The maximum atomic E-state index is 13.0. The normalized spacial score (nSPS) is 10.6. The molecule has 0 unspecified atom stereocenters. The predicted molar refractivity (Wildman–Crippen MR) is 60.8 cm³/mol. The number of halogens is 1. The van der Waals surface area contributed by atoms with Gasteiger partial charge >= 0.3 is 11.9 Å². The molecule has 0 spiro atoms. The third-order valence-corrected chi connectivity index (χ3v) is 2.25. The summed E-state index contributed by atoms with van der Waals surface area (Å²) >= 11 is 0. The second-order valence-corrected chi connectivity index (χ2v) is 3.89. The van der Waals surface area contributed by atoms with Gasteiger partial charge in [0.15, 0.2) is 5.41 Å². The molecule has 0 N–H and O–H groups in total. The molecule has 0 aliphatic rings. The van der Waals surface area contributed by atoms with E-state index in [1.54, 1.807) is 6.92 Å².